The van der Waals surface area contributed by atoms with Gasteiger partial charge in [-0.3, -0.25) is 9.59 Å². The zero-order chi connectivity index (χ0) is 22.0. The van der Waals surface area contributed by atoms with E-state index in [1.807, 2.05) is 59.5 Å². The van der Waals surface area contributed by atoms with Crippen LogP contribution in [0.15, 0.2) is 54.6 Å². The average molecular weight is 437 g/mol. The van der Waals surface area contributed by atoms with E-state index in [-0.39, 0.29) is 11.9 Å². The zero-order valence-corrected chi connectivity index (χ0v) is 18.3. The van der Waals surface area contributed by atoms with E-state index in [0.29, 0.717) is 36.0 Å². The van der Waals surface area contributed by atoms with Crippen LogP contribution in [0.2, 0.25) is 0 Å². The van der Waals surface area contributed by atoms with Crippen molar-refractivity contribution in [3.8, 4) is 22.8 Å². The smallest absolute Gasteiger partial charge is 0.261 e. The number of piperazine rings is 1. The molecule has 2 N–H and O–H groups in total. The Morgan fingerprint density at radius 3 is 2.35 bits per heavy atom. The highest BCUT2D eigenvalue weighted by Crippen LogP contribution is 2.35. The van der Waals surface area contributed by atoms with Gasteiger partial charge in [-0.1, -0.05) is 29.5 Å². The second-order valence-electron chi connectivity index (χ2n) is 7.49. The summed E-state index contributed by atoms with van der Waals surface area (Å²) >= 11 is 1.29. The highest BCUT2D eigenvalue weighted by molar-refractivity contribution is 7.18. The van der Waals surface area contributed by atoms with Crippen molar-refractivity contribution in [3.05, 3.63) is 59.5 Å². The van der Waals surface area contributed by atoms with Crippen LogP contribution in [0.25, 0.3) is 11.3 Å². The van der Waals surface area contributed by atoms with Crippen molar-refractivity contribution < 1.29 is 14.3 Å². The Morgan fingerprint density at radius 1 is 1.06 bits per heavy atom. The van der Waals surface area contributed by atoms with Crippen molar-refractivity contribution in [1.82, 2.24) is 9.88 Å². The van der Waals surface area contributed by atoms with E-state index < -0.39 is 5.91 Å². The van der Waals surface area contributed by atoms with Crippen LogP contribution in [0.1, 0.15) is 23.5 Å². The second-order valence-corrected chi connectivity index (χ2v) is 8.46. The van der Waals surface area contributed by atoms with E-state index in [0.717, 1.165) is 16.4 Å². The molecule has 0 spiro atoms. The van der Waals surface area contributed by atoms with E-state index >= 15 is 0 Å². The number of nitrogens with two attached hydrogens (primary N) is 1. The number of hydrogen-bond acceptors (Lipinski definition) is 6. The Kier molecular flexibility index (Phi) is 5.90. The largest absolute Gasteiger partial charge is 0.457 e. The van der Waals surface area contributed by atoms with Crippen molar-refractivity contribution in [2.45, 2.75) is 19.9 Å². The molecule has 4 rings (SSSR count). The highest BCUT2D eigenvalue weighted by Gasteiger charge is 2.29. The molecule has 2 amide bonds. The maximum atomic E-state index is 12.1. The van der Waals surface area contributed by atoms with Gasteiger partial charge < -0.3 is 20.3 Å². The molecule has 1 aliphatic heterocycles. The normalized spacial score (nSPS) is 16.3. The fourth-order valence-corrected chi connectivity index (χ4v) is 4.70. The topological polar surface area (TPSA) is 88.8 Å². The van der Waals surface area contributed by atoms with E-state index in [2.05, 4.69) is 11.8 Å². The molecule has 3 aromatic rings. The quantitative estimate of drug-likeness (QED) is 0.658. The molecule has 1 atom stereocenters. The van der Waals surface area contributed by atoms with Gasteiger partial charge >= 0.3 is 0 Å². The van der Waals surface area contributed by atoms with Gasteiger partial charge in [0.2, 0.25) is 5.91 Å². The minimum absolute atomic E-state index is 0.0713. The first-order valence-corrected chi connectivity index (χ1v) is 10.9. The molecule has 2 heterocycles. The number of amides is 2. The van der Waals surface area contributed by atoms with E-state index in [1.54, 1.807) is 6.92 Å². The van der Waals surface area contributed by atoms with Crippen molar-refractivity contribution in [3.63, 3.8) is 0 Å². The number of benzene rings is 2. The minimum Gasteiger partial charge on any atom is -0.457 e. The number of para-hydroxylation sites is 1. The Morgan fingerprint density at radius 2 is 1.74 bits per heavy atom. The third-order valence-corrected chi connectivity index (χ3v) is 6.37. The number of nitrogens with zero attached hydrogens (tertiary/aromatic N) is 3. The van der Waals surface area contributed by atoms with Crippen LogP contribution >= 0.6 is 11.3 Å². The highest BCUT2D eigenvalue weighted by atomic mass is 32.1. The monoisotopic (exact) mass is 436 g/mol. The lowest BCUT2D eigenvalue weighted by Gasteiger charge is -2.39. The first-order chi connectivity index (χ1) is 14.9. The first kappa shape index (κ1) is 20.9. The molecule has 1 saturated heterocycles. The van der Waals surface area contributed by atoms with E-state index in [4.69, 9.17) is 15.5 Å². The fraction of sp³-hybridized carbons (Fsp3) is 0.261. The van der Waals surface area contributed by atoms with Crippen LogP contribution in [0.4, 0.5) is 5.13 Å². The summed E-state index contributed by atoms with van der Waals surface area (Å²) in [6.07, 6.45) is 0. The summed E-state index contributed by atoms with van der Waals surface area (Å²) < 4.78 is 5.84. The predicted molar refractivity (Wildman–Crippen MR) is 122 cm³/mol. The summed E-state index contributed by atoms with van der Waals surface area (Å²) in [6, 6.07) is 17.1. The van der Waals surface area contributed by atoms with E-state index in [1.165, 1.54) is 11.3 Å². The molecule has 1 aromatic heterocycles. The number of carbonyl (C=O) groups is 2. The number of carbonyl (C=O) groups excluding carboxylic acids is 2. The molecule has 0 radical (unpaired) electrons. The van der Waals surface area contributed by atoms with Crippen LogP contribution in [0.5, 0.6) is 11.5 Å². The van der Waals surface area contributed by atoms with Gasteiger partial charge in [0.15, 0.2) is 5.13 Å². The maximum Gasteiger partial charge on any atom is 0.261 e. The molecule has 7 nitrogen and oxygen atoms in total. The van der Waals surface area contributed by atoms with Gasteiger partial charge in [0, 0.05) is 38.2 Å². The Bertz CT molecular complexity index is 1080. The zero-order valence-electron chi connectivity index (χ0n) is 17.4. The molecular weight excluding hydrogens is 412 g/mol. The molecule has 0 aliphatic carbocycles. The second kappa shape index (κ2) is 8.77. The number of hydrogen-bond donors (Lipinski definition) is 1. The molecule has 160 valence electrons. The molecule has 1 aliphatic rings. The van der Waals surface area contributed by atoms with E-state index in [9.17, 15) is 9.59 Å². The van der Waals surface area contributed by atoms with Gasteiger partial charge in [-0.15, -0.1) is 0 Å². The third-order valence-electron chi connectivity index (χ3n) is 5.26. The van der Waals surface area contributed by atoms with Crippen LogP contribution in [-0.2, 0) is 4.79 Å². The van der Waals surface area contributed by atoms with Gasteiger partial charge in [-0.05, 0) is 43.3 Å². The van der Waals surface area contributed by atoms with Gasteiger partial charge in [0.25, 0.3) is 5.91 Å². The number of anilines is 1. The van der Waals surface area contributed by atoms with Crippen LogP contribution < -0.4 is 15.4 Å². The Hall–Kier alpha value is -3.39. The third kappa shape index (κ3) is 4.54. The van der Waals surface area contributed by atoms with Crippen molar-refractivity contribution >= 4 is 28.3 Å². The lowest BCUT2D eigenvalue weighted by molar-refractivity contribution is -0.129. The van der Waals surface area contributed by atoms with Crippen molar-refractivity contribution in [2.24, 2.45) is 5.73 Å². The Balaban J connectivity index is 1.58. The lowest BCUT2D eigenvalue weighted by atomic mass is 10.1. The predicted octanol–water partition coefficient (Wildman–Crippen LogP) is 3.76. The SMILES string of the molecule is CC(=O)N1CCN(c2nc(-c3ccc(Oc4ccccc4)cc3)c(C(N)=O)s2)C(C)C1. The lowest BCUT2D eigenvalue weighted by Crippen LogP contribution is -2.53. The van der Waals surface area contributed by atoms with Gasteiger partial charge in [-0.25, -0.2) is 4.98 Å². The summed E-state index contributed by atoms with van der Waals surface area (Å²) in [6.45, 7) is 5.56. The van der Waals surface area contributed by atoms with Crippen LogP contribution in [0, 0.1) is 0 Å². The molecule has 2 aromatic carbocycles. The molecule has 1 unspecified atom stereocenters. The summed E-state index contributed by atoms with van der Waals surface area (Å²) in [7, 11) is 0. The number of ether oxygens (including phenoxy) is 1. The van der Waals surface area contributed by atoms with Crippen LogP contribution in [0.3, 0.4) is 0 Å². The summed E-state index contributed by atoms with van der Waals surface area (Å²) in [5, 5.41) is 0.740. The van der Waals surface area contributed by atoms with Gasteiger partial charge in [-0.2, -0.15) is 0 Å². The molecule has 0 bridgehead atoms. The Labute approximate surface area is 185 Å². The number of thiazole rings is 1. The molecule has 1 fully saturated rings. The molecular formula is C23H24N4O3S. The summed E-state index contributed by atoms with van der Waals surface area (Å²) in [5.74, 6) is 1.02. The maximum absolute atomic E-state index is 12.1. The number of rotatable bonds is 5. The first-order valence-electron chi connectivity index (χ1n) is 10.1. The van der Waals surface area contributed by atoms with Crippen molar-refractivity contribution in [2.75, 3.05) is 24.5 Å². The minimum atomic E-state index is -0.501. The number of primary amides is 1. The summed E-state index contributed by atoms with van der Waals surface area (Å²) in [4.78, 5) is 32.9. The van der Waals surface area contributed by atoms with Crippen molar-refractivity contribution in [1.29, 1.82) is 0 Å². The standard InChI is InChI=1S/C23H24N4O3S/c1-15-14-26(16(2)28)12-13-27(15)23-25-20(21(31-23)22(24)29)17-8-10-19(11-9-17)30-18-6-4-3-5-7-18/h3-11,15H,12-14H2,1-2H3,(H2,24,29). The number of aromatic nitrogens is 1. The molecule has 8 heteroatoms. The van der Waals surface area contributed by atoms with Crippen LogP contribution in [-0.4, -0.2) is 47.4 Å². The fourth-order valence-electron chi connectivity index (χ4n) is 3.63. The molecule has 31 heavy (non-hydrogen) atoms. The molecule has 0 saturated carbocycles. The van der Waals surface area contributed by atoms with Gasteiger partial charge in [0.1, 0.15) is 16.4 Å². The van der Waals surface area contributed by atoms with Gasteiger partial charge in [0.05, 0.1) is 5.69 Å². The summed E-state index contributed by atoms with van der Waals surface area (Å²) in [5.41, 5.74) is 7.03. The average Bonchev–Trinajstić information content (AvgIpc) is 3.20.